The molecule has 1 fully saturated rings. The van der Waals surface area contributed by atoms with E-state index in [2.05, 4.69) is 5.32 Å². The number of carbonyl (C=O) groups is 2. The molecule has 0 bridgehead atoms. The Balaban J connectivity index is 1.61. The molecule has 1 N–H and O–H groups in total. The number of rotatable bonds is 9. The van der Waals surface area contributed by atoms with Gasteiger partial charge in [0.2, 0.25) is 5.91 Å². The molecule has 1 saturated carbocycles. The maximum atomic E-state index is 13.6. The molecule has 0 saturated heterocycles. The molecule has 7 heteroatoms. The van der Waals surface area contributed by atoms with E-state index in [1.807, 2.05) is 49.3 Å². The number of methoxy groups -OCH3 is 1. The van der Waals surface area contributed by atoms with Crippen molar-refractivity contribution in [3.8, 4) is 5.75 Å². The Morgan fingerprint density at radius 2 is 1.77 bits per heavy atom. The molecule has 0 spiro atoms. The number of hydrogen-bond donors (Lipinski definition) is 1. The van der Waals surface area contributed by atoms with Gasteiger partial charge in [-0.3, -0.25) is 9.59 Å². The summed E-state index contributed by atoms with van der Waals surface area (Å²) in [5, 5.41) is 3.09. The van der Waals surface area contributed by atoms with Gasteiger partial charge in [0.25, 0.3) is 5.91 Å². The van der Waals surface area contributed by atoms with E-state index in [9.17, 15) is 9.59 Å². The van der Waals surface area contributed by atoms with Crippen molar-refractivity contribution in [3.63, 3.8) is 0 Å². The molecule has 4 rings (SSSR count). The van der Waals surface area contributed by atoms with Crippen LogP contribution in [0.25, 0.3) is 0 Å². The fraction of sp³-hybridized carbons (Fsp3) is 0.357. The molecule has 0 unspecified atom stereocenters. The Hall–Kier alpha value is -3.74. The zero-order chi connectivity index (χ0) is 24.8. The summed E-state index contributed by atoms with van der Waals surface area (Å²) in [5.74, 6) is 1.43. The summed E-state index contributed by atoms with van der Waals surface area (Å²) in [6.45, 7) is 0.676. The Labute approximate surface area is 206 Å². The second-order valence-corrected chi connectivity index (χ2v) is 9.18. The summed E-state index contributed by atoms with van der Waals surface area (Å²) < 4.78 is 10.8. The van der Waals surface area contributed by atoms with Crippen molar-refractivity contribution in [2.75, 3.05) is 31.4 Å². The molecule has 1 aromatic heterocycles. The monoisotopic (exact) mass is 475 g/mol. The van der Waals surface area contributed by atoms with Crippen LogP contribution in [0.2, 0.25) is 0 Å². The van der Waals surface area contributed by atoms with Crippen molar-refractivity contribution < 1.29 is 18.7 Å². The maximum absolute atomic E-state index is 13.6. The number of nitrogens with one attached hydrogen (secondary N) is 1. The maximum Gasteiger partial charge on any atom is 0.254 e. The lowest BCUT2D eigenvalue weighted by molar-refractivity contribution is -0.119. The molecule has 0 radical (unpaired) electrons. The predicted octanol–water partition coefficient (Wildman–Crippen LogP) is 5.33. The standard InChI is InChI=1S/C28H33N3O4/c1-30(2)26-15-12-23(29-27(32)20-7-4-5-8-20)17-22(26)18-31(19-25-9-6-16-35-25)28(33)21-10-13-24(34-3)14-11-21/h6,9-17,20H,4-5,7-8,18-19H2,1-3H3,(H,29,32). The van der Waals surface area contributed by atoms with Gasteiger partial charge in [0.05, 0.1) is 19.9 Å². The average Bonchev–Trinajstić information content (AvgIpc) is 3.58. The predicted molar refractivity (Wildman–Crippen MR) is 137 cm³/mol. The van der Waals surface area contributed by atoms with E-state index < -0.39 is 0 Å². The van der Waals surface area contributed by atoms with E-state index in [-0.39, 0.29) is 17.7 Å². The Kier molecular flexibility index (Phi) is 7.75. The third-order valence-corrected chi connectivity index (χ3v) is 6.47. The lowest BCUT2D eigenvalue weighted by atomic mass is 10.1. The largest absolute Gasteiger partial charge is 0.497 e. The third kappa shape index (κ3) is 6.04. The second-order valence-electron chi connectivity index (χ2n) is 9.18. The molecular weight excluding hydrogens is 442 g/mol. The van der Waals surface area contributed by atoms with Crippen molar-refractivity contribution in [1.29, 1.82) is 0 Å². The molecule has 1 aliphatic carbocycles. The van der Waals surface area contributed by atoms with Crippen molar-refractivity contribution in [1.82, 2.24) is 4.90 Å². The summed E-state index contributed by atoms with van der Waals surface area (Å²) in [7, 11) is 5.54. The molecular formula is C28H33N3O4. The van der Waals surface area contributed by atoms with Crippen LogP contribution in [0.4, 0.5) is 11.4 Å². The first-order valence-corrected chi connectivity index (χ1v) is 12.0. The van der Waals surface area contributed by atoms with E-state index in [0.717, 1.165) is 42.6 Å². The van der Waals surface area contributed by atoms with Gasteiger partial charge in [0, 0.05) is 43.5 Å². The quantitative estimate of drug-likeness (QED) is 0.453. The molecule has 0 atom stereocenters. The van der Waals surface area contributed by atoms with Crippen LogP contribution in [-0.2, 0) is 17.9 Å². The minimum Gasteiger partial charge on any atom is -0.497 e. The van der Waals surface area contributed by atoms with Gasteiger partial charge in [-0.1, -0.05) is 12.8 Å². The highest BCUT2D eigenvalue weighted by Crippen LogP contribution is 2.29. The van der Waals surface area contributed by atoms with Gasteiger partial charge in [0.15, 0.2) is 0 Å². The molecule has 3 aromatic rings. The van der Waals surface area contributed by atoms with Crippen LogP contribution in [0.15, 0.2) is 65.3 Å². The van der Waals surface area contributed by atoms with Crippen molar-refractivity contribution in [2.45, 2.75) is 38.8 Å². The van der Waals surface area contributed by atoms with Gasteiger partial charge in [-0.05, 0) is 73.0 Å². The molecule has 1 aliphatic rings. The Morgan fingerprint density at radius 3 is 2.40 bits per heavy atom. The first-order valence-electron chi connectivity index (χ1n) is 12.0. The summed E-state index contributed by atoms with van der Waals surface area (Å²) in [6.07, 6.45) is 5.72. The molecule has 7 nitrogen and oxygen atoms in total. The fourth-order valence-electron chi connectivity index (χ4n) is 4.57. The zero-order valence-electron chi connectivity index (χ0n) is 20.6. The number of nitrogens with zero attached hydrogens (tertiary/aromatic N) is 2. The highest BCUT2D eigenvalue weighted by Gasteiger charge is 2.24. The first kappa shape index (κ1) is 24.4. The van der Waals surface area contributed by atoms with E-state index in [0.29, 0.717) is 30.2 Å². The van der Waals surface area contributed by atoms with Crippen LogP contribution < -0.4 is 15.0 Å². The second kappa shape index (κ2) is 11.1. The molecule has 184 valence electrons. The van der Waals surface area contributed by atoms with Crippen molar-refractivity contribution >= 4 is 23.2 Å². The summed E-state index contributed by atoms with van der Waals surface area (Å²) in [4.78, 5) is 30.0. The van der Waals surface area contributed by atoms with E-state index in [4.69, 9.17) is 9.15 Å². The SMILES string of the molecule is COc1ccc(C(=O)N(Cc2ccco2)Cc2cc(NC(=O)C3CCCC3)ccc2N(C)C)cc1. The number of ether oxygens (including phenoxy) is 1. The van der Waals surface area contributed by atoms with Crippen LogP contribution in [0.5, 0.6) is 5.75 Å². The van der Waals surface area contributed by atoms with E-state index >= 15 is 0 Å². The molecule has 0 aliphatic heterocycles. The van der Waals surface area contributed by atoms with Gasteiger partial charge < -0.3 is 24.3 Å². The van der Waals surface area contributed by atoms with Crippen LogP contribution in [0.3, 0.4) is 0 Å². The Bertz CT molecular complexity index is 1130. The van der Waals surface area contributed by atoms with Crippen LogP contribution in [0.1, 0.15) is 47.4 Å². The minimum atomic E-state index is -0.117. The number of carbonyl (C=O) groups excluding carboxylic acids is 2. The van der Waals surface area contributed by atoms with Crippen LogP contribution in [0, 0.1) is 5.92 Å². The number of anilines is 2. The molecule has 2 aromatic carbocycles. The lowest BCUT2D eigenvalue weighted by Gasteiger charge is -2.26. The van der Waals surface area contributed by atoms with Gasteiger partial charge >= 0.3 is 0 Å². The third-order valence-electron chi connectivity index (χ3n) is 6.47. The van der Waals surface area contributed by atoms with E-state index in [1.54, 1.807) is 42.5 Å². The number of amides is 2. The van der Waals surface area contributed by atoms with Gasteiger partial charge in [-0.25, -0.2) is 0 Å². The molecule has 1 heterocycles. The normalized spacial score (nSPS) is 13.5. The molecule has 2 amide bonds. The van der Waals surface area contributed by atoms with Crippen LogP contribution >= 0.6 is 0 Å². The molecule has 35 heavy (non-hydrogen) atoms. The smallest absolute Gasteiger partial charge is 0.254 e. The highest BCUT2D eigenvalue weighted by atomic mass is 16.5. The highest BCUT2D eigenvalue weighted by molar-refractivity contribution is 5.95. The first-order chi connectivity index (χ1) is 16.9. The van der Waals surface area contributed by atoms with Crippen LogP contribution in [-0.4, -0.2) is 37.9 Å². The van der Waals surface area contributed by atoms with Gasteiger partial charge in [0.1, 0.15) is 11.5 Å². The van der Waals surface area contributed by atoms with Gasteiger partial charge in [-0.15, -0.1) is 0 Å². The lowest BCUT2D eigenvalue weighted by Crippen LogP contribution is -2.31. The summed E-state index contributed by atoms with van der Waals surface area (Å²) >= 11 is 0. The number of benzene rings is 2. The summed E-state index contributed by atoms with van der Waals surface area (Å²) in [5.41, 5.74) is 3.23. The minimum absolute atomic E-state index is 0.0767. The summed E-state index contributed by atoms with van der Waals surface area (Å²) in [6, 6.07) is 16.7. The fourth-order valence-corrected chi connectivity index (χ4v) is 4.57. The van der Waals surface area contributed by atoms with E-state index in [1.165, 1.54) is 0 Å². The zero-order valence-corrected chi connectivity index (χ0v) is 20.6. The van der Waals surface area contributed by atoms with Crippen molar-refractivity contribution in [3.05, 3.63) is 77.7 Å². The number of furan rings is 1. The topological polar surface area (TPSA) is 75.0 Å². The van der Waals surface area contributed by atoms with Gasteiger partial charge in [-0.2, -0.15) is 0 Å². The Morgan fingerprint density at radius 1 is 1.03 bits per heavy atom. The van der Waals surface area contributed by atoms with Crippen molar-refractivity contribution in [2.24, 2.45) is 5.92 Å². The number of hydrogen-bond acceptors (Lipinski definition) is 5. The average molecular weight is 476 g/mol.